The van der Waals surface area contributed by atoms with Crippen LogP contribution in [0.25, 0.3) is 22.4 Å². The van der Waals surface area contributed by atoms with E-state index in [4.69, 9.17) is 16.9 Å². The summed E-state index contributed by atoms with van der Waals surface area (Å²) in [6.07, 6.45) is -4.34. The van der Waals surface area contributed by atoms with Crippen molar-refractivity contribution >= 4 is 34.5 Å². The van der Waals surface area contributed by atoms with Gasteiger partial charge in [-0.1, -0.05) is 12.1 Å². The van der Waals surface area contributed by atoms with Gasteiger partial charge in [-0.25, -0.2) is 9.37 Å². The summed E-state index contributed by atoms with van der Waals surface area (Å²) in [4.78, 5) is 34.7. The Hall–Kier alpha value is -5.34. The summed E-state index contributed by atoms with van der Waals surface area (Å²) in [5.41, 5.74) is 13.4. The maximum atomic E-state index is 13.5. The maximum Gasteiger partial charge on any atom is 0.573 e. The molecule has 1 saturated heterocycles. The first kappa shape index (κ1) is 32.1. The topological polar surface area (TPSA) is 156 Å². The number of piperazine rings is 1. The van der Waals surface area contributed by atoms with E-state index in [1.54, 1.807) is 39.8 Å². The second-order valence-electron chi connectivity index (χ2n) is 10.7. The largest absolute Gasteiger partial charge is 0.573 e. The Morgan fingerprint density at radius 1 is 1.00 bits per heavy atom. The van der Waals surface area contributed by atoms with Crippen LogP contribution in [0.1, 0.15) is 29.2 Å². The number of anilines is 1. The number of nitrogens with zero attached hydrogens (tertiary/aromatic N) is 4. The third kappa shape index (κ3) is 7.47. The SMILES string of the molecule is N=C(N)NCCC[C@@H](C(N)=O)n1c(-c2cccc(OC(F)(F)F)c2)nc2cc(C(=O)N3CCN(c4ccc(F)cc4)CC3)ccc21. The number of nitrogens with two attached hydrogens (primary N) is 2. The summed E-state index contributed by atoms with van der Waals surface area (Å²) in [7, 11) is 0. The molecule has 1 aromatic heterocycles. The summed E-state index contributed by atoms with van der Waals surface area (Å²) in [6.45, 7) is 2.24. The molecule has 6 N–H and O–H groups in total. The average Bonchev–Trinajstić information content (AvgIpc) is 3.38. The fraction of sp³-hybridized carbons (Fsp3) is 0.290. The minimum absolute atomic E-state index is 0.156. The van der Waals surface area contributed by atoms with Crippen molar-refractivity contribution in [2.75, 3.05) is 37.6 Å². The minimum atomic E-state index is -4.92. The Morgan fingerprint density at radius 3 is 2.37 bits per heavy atom. The van der Waals surface area contributed by atoms with Crippen molar-refractivity contribution in [3.05, 3.63) is 78.1 Å². The van der Waals surface area contributed by atoms with Crippen LogP contribution in [0.15, 0.2) is 66.7 Å². The predicted molar refractivity (Wildman–Crippen MR) is 164 cm³/mol. The molecule has 1 fully saturated rings. The molecule has 2 amide bonds. The number of guanidine groups is 1. The van der Waals surface area contributed by atoms with Crippen LogP contribution in [0.3, 0.4) is 0 Å². The molecule has 0 unspecified atom stereocenters. The predicted octanol–water partition coefficient (Wildman–Crippen LogP) is 3.99. The zero-order chi connectivity index (χ0) is 33.0. The fourth-order valence-corrected chi connectivity index (χ4v) is 5.50. The number of rotatable bonds is 10. The highest BCUT2D eigenvalue weighted by Crippen LogP contribution is 2.34. The third-order valence-corrected chi connectivity index (χ3v) is 7.63. The lowest BCUT2D eigenvalue weighted by Crippen LogP contribution is -2.48. The third-order valence-electron chi connectivity index (χ3n) is 7.63. The van der Waals surface area contributed by atoms with Crippen molar-refractivity contribution in [3.8, 4) is 17.1 Å². The van der Waals surface area contributed by atoms with Crippen LogP contribution >= 0.6 is 0 Å². The van der Waals surface area contributed by atoms with Crippen molar-refractivity contribution in [2.24, 2.45) is 11.5 Å². The smallest absolute Gasteiger partial charge is 0.406 e. The Balaban J connectivity index is 1.46. The van der Waals surface area contributed by atoms with E-state index in [0.717, 1.165) is 17.8 Å². The van der Waals surface area contributed by atoms with E-state index in [9.17, 15) is 27.2 Å². The quantitative estimate of drug-likeness (QED) is 0.0884. The molecule has 0 radical (unpaired) electrons. The molecule has 0 bridgehead atoms. The molecule has 0 saturated carbocycles. The van der Waals surface area contributed by atoms with E-state index >= 15 is 0 Å². The summed E-state index contributed by atoms with van der Waals surface area (Å²) >= 11 is 0. The van der Waals surface area contributed by atoms with Crippen LogP contribution in [-0.2, 0) is 4.79 Å². The van der Waals surface area contributed by atoms with Crippen LogP contribution in [0, 0.1) is 11.2 Å². The van der Waals surface area contributed by atoms with Crippen LogP contribution in [0.4, 0.5) is 23.2 Å². The number of nitrogens with one attached hydrogen (secondary N) is 2. The number of fused-ring (bicyclic) bond motifs is 1. The van der Waals surface area contributed by atoms with Gasteiger partial charge in [-0.2, -0.15) is 0 Å². The zero-order valence-corrected chi connectivity index (χ0v) is 24.6. The highest BCUT2D eigenvalue weighted by Gasteiger charge is 2.32. The lowest BCUT2D eigenvalue weighted by molar-refractivity contribution is -0.274. The molecule has 4 aromatic rings. The number of aromatic nitrogens is 2. The molecule has 0 spiro atoms. The lowest BCUT2D eigenvalue weighted by Gasteiger charge is -2.36. The number of alkyl halides is 3. The zero-order valence-electron chi connectivity index (χ0n) is 24.6. The van der Waals surface area contributed by atoms with E-state index in [2.05, 4.69) is 19.9 Å². The first-order valence-electron chi connectivity index (χ1n) is 14.4. The molecular formula is C31H32F4N8O3. The fourth-order valence-electron chi connectivity index (χ4n) is 5.50. The molecule has 0 aliphatic carbocycles. The van der Waals surface area contributed by atoms with Gasteiger partial charge in [0.15, 0.2) is 5.96 Å². The van der Waals surface area contributed by atoms with Crippen molar-refractivity contribution in [1.82, 2.24) is 19.8 Å². The van der Waals surface area contributed by atoms with Gasteiger partial charge in [-0.15, -0.1) is 13.2 Å². The highest BCUT2D eigenvalue weighted by atomic mass is 19.4. The van der Waals surface area contributed by atoms with Gasteiger partial charge in [0.05, 0.1) is 11.0 Å². The summed E-state index contributed by atoms with van der Waals surface area (Å²) in [5, 5.41) is 10.0. The van der Waals surface area contributed by atoms with E-state index in [0.29, 0.717) is 49.2 Å². The van der Waals surface area contributed by atoms with Crippen molar-refractivity contribution in [1.29, 1.82) is 5.41 Å². The molecular weight excluding hydrogens is 608 g/mol. The van der Waals surface area contributed by atoms with Gasteiger partial charge >= 0.3 is 6.36 Å². The number of carbonyl (C=O) groups is 2. The first-order valence-corrected chi connectivity index (χ1v) is 14.4. The number of primary amides is 1. The number of hydrogen-bond donors (Lipinski definition) is 4. The summed E-state index contributed by atoms with van der Waals surface area (Å²) in [5.74, 6) is -1.82. The van der Waals surface area contributed by atoms with Crippen LogP contribution < -0.4 is 26.4 Å². The van der Waals surface area contributed by atoms with Gasteiger partial charge in [0.25, 0.3) is 5.91 Å². The Kier molecular flexibility index (Phi) is 9.30. The molecule has 242 valence electrons. The highest BCUT2D eigenvalue weighted by molar-refractivity contribution is 5.98. The minimum Gasteiger partial charge on any atom is -0.406 e. The van der Waals surface area contributed by atoms with Gasteiger partial charge < -0.3 is 35.9 Å². The Bertz CT molecular complexity index is 1730. The maximum absolute atomic E-state index is 13.5. The average molecular weight is 641 g/mol. The summed E-state index contributed by atoms with van der Waals surface area (Å²) in [6, 6.07) is 15.2. The van der Waals surface area contributed by atoms with Crippen molar-refractivity contribution in [3.63, 3.8) is 0 Å². The summed E-state index contributed by atoms with van der Waals surface area (Å²) < 4.78 is 58.0. The second-order valence-corrected chi connectivity index (χ2v) is 10.7. The number of carbonyl (C=O) groups excluding carboxylic acids is 2. The van der Waals surface area contributed by atoms with Gasteiger partial charge in [0.1, 0.15) is 23.4 Å². The van der Waals surface area contributed by atoms with E-state index in [1.807, 2.05) is 0 Å². The molecule has 46 heavy (non-hydrogen) atoms. The van der Waals surface area contributed by atoms with Crippen molar-refractivity contribution in [2.45, 2.75) is 25.2 Å². The number of halogens is 4. The van der Waals surface area contributed by atoms with Gasteiger partial charge in [-0.05, 0) is 67.4 Å². The molecule has 1 aliphatic heterocycles. The molecule has 15 heteroatoms. The molecule has 3 aromatic carbocycles. The Morgan fingerprint density at radius 2 is 1.72 bits per heavy atom. The molecule has 1 atom stereocenters. The lowest BCUT2D eigenvalue weighted by atomic mass is 10.1. The molecule has 11 nitrogen and oxygen atoms in total. The normalized spacial score (nSPS) is 14.3. The molecule has 1 aliphatic rings. The standard InChI is InChI=1S/C31H32F4N8O3/c32-21-7-9-22(10-8-21)41-13-15-42(16-14-41)29(45)20-6-11-25-24(18-20)40-28(19-3-1-4-23(17-19)46-31(33,34)35)43(25)26(27(36)44)5-2-12-39-30(37)38/h1,3-4,6-11,17-18,26H,2,5,12-16H2,(H2,36,44)(H4,37,38,39)/t26-/m0/s1. The van der Waals surface area contributed by atoms with Crippen LogP contribution in [0.2, 0.25) is 0 Å². The number of hydrogen-bond acceptors (Lipinski definition) is 6. The second kappa shape index (κ2) is 13.3. The van der Waals surface area contributed by atoms with Crippen LogP contribution in [0.5, 0.6) is 5.75 Å². The molecule has 5 rings (SSSR count). The number of amides is 2. The van der Waals surface area contributed by atoms with Crippen LogP contribution in [-0.4, -0.2) is 71.3 Å². The Labute approximate surface area is 261 Å². The van der Waals surface area contributed by atoms with E-state index < -0.39 is 24.1 Å². The van der Waals surface area contributed by atoms with Gasteiger partial charge in [-0.3, -0.25) is 15.0 Å². The van der Waals surface area contributed by atoms with E-state index in [1.165, 1.54) is 24.3 Å². The first-order chi connectivity index (χ1) is 21.9. The number of benzene rings is 3. The van der Waals surface area contributed by atoms with E-state index in [-0.39, 0.29) is 42.0 Å². The molecule has 2 heterocycles. The number of imidazole rings is 1. The van der Waals surface area contributed by atoms with Crippen molar-refractivity contribution < 1.29 is 31.9 Å². The van der Waals surface area contributed by atoms with Gasteiger partial charge in [0.2, 0.25) is 5.91 Å². The van der Waals surface area contributed by atoms with Gasteiger partial charge in [0, 0.05) is 49.5 Å². The number of ether oxygens (including phenoxy) is 1. The monoisotopic (exact) mass is 640 g/mol.